The average molecular weight is 311 g/mol. The number of sulfone groups is 1. The molecule has 0 heterocycles. The fourth-order valence-corrected chi connectivity index (χ4v) is 3.11. The molecule has 5 nitrogen and oxygen atoms in total. The predicted octanol–water partition coefficient (Wildman–Crippen LogP) is 1.77. The summed E-state index contributed by atoms with van der Waals surface area (Å²) in [7, 11) is 0.417. The Morgan fingerprint density at radius 3 is 2.52 bits per heavy atom. The van der Waals surface area contributed by atoms with Crippen LogP contribution >= 0.6 is 0 Å². The van der Waals surface area contributed by atoms with Gasteiger partial charge in [0.2, 0.25) is 0 Å². The van der Waals surface area contributed by atoms with Crippen LogP contribution in [0.4, 0.5) is 0 Å². The molecule has 1 aromatic rings. The summed E-state index contributed by atoms with van der Waals surface area (Å²) in [4.78, 5) is 6.54. The van der Waals surface area contributed by atoms with Gasteiger partial charge in [0, 0.05) is 27.2 Å². The monoisotopic (exact) mass is 311 g/mol. The molecule has 0 fully saturated rings. The number of hydrogen-bond donors (Lipinski definition) is 1. The van der Waals surface area contributed by atoms with E-state index in [2.05, 4.69) is 17.2 Å². The lowest BCUT2D eigenvalue weighted by Gasteiger charge is -2.21. The maximum Gasteiger partial charge on any atom is 0.193 e. The molecule has 6 heteroatoms. The Morgan fingerprint density at radius 1 is 1.29 bits per heavy atom. The van der Waals surface area contributed by atoms with Crippen LogP contribution in [0, 0.1) is 0 Å². The van der Waals surface area contributed by atoms with E-state index in [1.807, 2.05) is 18.0 Å². The topological polar surface area (TPSA) is 61.8 Å². The van der Waals surface area contributed by atoms with Gasteiger partial charge < -0.3 is 10.2 Å². The first-order valence-corrected chi connectivity index (χ1v) is 8.86. The van der Waals surface area contributed by atoms with Crippen molar-refractivity contribution in [2.45, 2.75) is 24.7 Å². The van der Waals surface area contributed by atoms with Gasteiger partial charge in [0.05, 0.1) is 10.6 Å². The van der Waals surface area contributed by atoms with Gasteiger partial charge in [0.25, 0.3) is 0 Å². The minimum Gasteiger partial charge on any atom is -0.355 e. The van der Waals surface area contributed by atoms with Crippen molar-refractivity contribution in [1.82, 2.24) is 10.2 Å². The van der Waals surface area contributed by atoms with Crippen molar-refractivity contribution in [2.75, 3.05) is 32.9 Å². The summed E-state index contributed by atoms with van der Waals surface area (Å²) in [5.41, 5.74) is 0. The van der Waals surface area contributed by atoms with E-state index in [0.717, 1.165) is 25.3 Å². The maximum absolute atomic E-state index is 12.2. The molecule has 0 bridgehead atoms. The number of hydrogen-bond acceptors (Lipinski definition) is 3. The van der Waals surface area contributed by atoms with Crippen molar-refractivity contribution in [2.24, 2.45) is 4.99 Å². The van der Waals surface area contributed by atoms with Crippen LogP contribution in [0.1, 0.15) is 19.8 Å². The molecule has 0 aliphatic carbocycles. The van der Waals surface area contributed by atoms with Crippen LogP contribution in [0.5, 0.6) is 0 Å². The molecule has 0 atom stereocenters. The number of rotatable bonds is 7. The molecule has 0 saturated carbocycles. The number of unbranched alkanes of at least 4 members (excludes halogenated alkanes) is 1. The van der Waals surface area contributed by atoms with Gasteiger partial charge in [0.15, 0.2) is 15.8 Å². The van der Waals surface area contributed by atoms with Gasteiger partial charge in [-0.25, -0.2) is 8.42 Å². The minimum absolute atomic E-state index is 0.0532. The van der Waals surface area contributed by atoms with E-state index in [0.29, 0.717) is 11.4 Å². The van der Waals surface area contributed by atoms with Gasteiger partial charge in [-0.3, -0.25) is 4.99 Å². The molecule has 0 aliphatic heterocycles. The van der Waals surface area contributed by atoms with Gasteiger partial charge in [-0.2, -0.15) is 0 Å². The molecule has 0 amide bonds. The molecule has 0 aromatic heterocycles. The van der Waals surface area contributed by atoms with Crippen molar-refractivity contribution in [3.05, 3.63) is 30.3 Å². The fraction of sp³-hybridized carbons (Fsp3) is 0.533. The lowest BCUT2D eigenvalue weighted by molar-refractivity contribution is 0.466. The summed E-state index contributed by atoms with van der Waals surface area (Å²) in [6.07, 6.45) is 2.20. The first-order chi connectivity index (χ1) is 10.0. The van der Waals surface area contributed by atoms with Crippen LogP contribution in [0.25, 0.3) is 0 Å². The Kier molecular flexibility index (Phi) is 7.22. The molecule has 0 aliphatic rings. The van der Waals surface area contributed by atoms with E-state index < -0.39 is 9.84 Å². The Morgan fingerprint density at radius 2 is 1.95 bits per heavy atom. The van der Waals surface area contributed by atoms with Crippen molar-refractivity contribution >= 4 is 15.8 Å². The lowest BCUT2D eigenvalue weighted by Crippen LogP contribution is -2.41. The molecule has 0 saturated heterocycles. The average Bonchev–Trinajstić information content (AvgIpc) is 2.50. The maximum atomic E-state index is 12.2. The van der Waals surface area contributed by atoms with Crippen molar-refractivity contribution in [3.8, 4) is 0 Å². The minimum atomic E-state index is -3.24. The normalized spacial score (nSPS) is 12.2. The Bertz CT molecular complexity index is 541. The number of nitrogens with one attached hydrogen (secondary N) is 1. The smallest absolute Gasteiger partial charge is 0.193 e. The van der Waals surface area contributed by atoms with E-state index in [1.54, 1.807) is 31.3 Å². The van der Waals surface area contributed by atoms with Crippen LogP contribution in [0.2, 0.25) is 0 Å². The third kappa shape index (κ3) is 5.75. The molecule has 1 rings (SSSR count). The van der Waals surface area contributed by atoms with Gasteiger partial charge in [-0.05, 0) is 18.6 Å². The predicted molar refractivity (Wildman–Crippen MR) is 87.4 cm³/mol. The third-order valence-electron chi connectivity index (χ3n) is 3.18. The molecule has 0 radical (unpaired) electrons. The second kappa shape index (κ2) is 8.67. The van der Waals surface area contributed by atoms with Crippen LogP contribution in [-0.4, -0.2) is 52.2 Å². The SMILES string of the molecule is CCCCN(C)C(=NC)NCCS(=O)(=O)c1ccccc1. The first kappa shape index (κ1) is 17.5. The highest BCUT2D eigenvalue weighted by Gasteiger charge is 2.14. The van der Waals surface area contributed by atoms with Gasteiger partial charge in [-0.1, -0.05) is 31.5 Å². The molecule has 118 valence electrons. The van der Waals surface area contributed by atoms with E-state index in [4.69, 9.17) is 0 Å². The number of benzene rings is 1. The molecule has 0 unspecified atom stereocenters. The zero-order valence-electron chi connectivity index (χ0n) is 13.0. The third-order valence-corrected chi connectivity index (χ3v) is 4.91. The van der Waals surface area contributed by atoms with Crippen molar-refractivity contribution in [1.29, 1.82) is 0 Å². The van der Waals surface area contributed by atoms with Gasteiger partial charge in [0.1, 0.15) is 0 Å². The van der Waals surface area contributed by atoms with Crippen LogP contribution in [0.3, 0.4) is 0 Å². The highest BCUT2D eigenvalue weighted by molar-refractivity contribution is 7.91. The summed E-state index contributed by atoms with van der Waals surface area (Å²) < 4.78 is 24.3. The molecular formula is C15H25N3O2S. The molecular weight excluding hydrogens is 286 g/mol. The second-order valence-corrected chi connectivity index (χ2v) is 6.99. The molecule has 21 heavy (non-hydrogen) atoms. The van der Waals surface area contributed by atoms with E-state index >= 15 is 0 Å². The highest BCUT2D eigenvalue weighted by atomic mass is 32.2. The van der Waals surface area contributed by atoms with E-state index in [1.165, 1.54) is 0 Å². The molecule has 0 spiro atoms. The zero-order valence-corrected chi connectivity index (χ0v) is 13.9. The zero-order chi connectivity index (χ0) is 15.7. The summed E-state index contributed by atoms with van der Waals surface area (Å²) in [5.74, 6) is 0.782. The van der Waals surface area contributed by atoms with E-state index in [9.17, 15) is 8.42 Å². The Labute approximate surface area is 128 Å². The number of nitrogens with zero attached hydrogens (tertiary/aromatic N) is 2. The Hall–Kier alpha value is -1.56. The standard InChI is InChI=1S/C15H25N3O2S/c1-4-5-12-18(3)15(16-2)17-11-13-21(19,20)14-9-7-6-8-10-14/h6-10H,4-5,11-13H2,1-3H3,(H,16,17). The summed E-state index contributed by atoms with van der Waals surface area (Å²) in [6, 6.07) is 8.52. The van der Waals surface area contributed by atoms with Crippen LogP contribution < -0.4 is 5.32 Å². The second-order valence-electron chi connectivity index (χ2n) is 4.88. The summed E-state index contributed by atoms with van der Waals surface area (Å²) >= 11 is 0. The van der Waals surface area contributed by atoms with Crippen molar-refractivity contribution in [3.63, 3.8) is 0 Å². The van der Waals surface area contributed by atoms with Gasteiger partial charge in [-0.15, -0.1) is 0 Å². The summed E-state index contributed by atoms with van der Waals surface area (Å²) in [5, 5.41) is 3.10. The lowest BCUT2D eigenvalue weighted by atomic mass is 10.3. The first-order valence-electron chi connectivity index (χ1n) is 7.21. The summed E-state index contributed by atoms with van der Waals surface area (Å²) in [6.45, 7) is 3.39. The number of guanidine groups is 1. The molecule has 1 N–H and O–H groups in total. The van der Waals surface area contributed by atoms with Crippen LogP contribution in [0.15, 0.2) is 40.2 Å². The Balaban J connectivity index is 2.52. The number of aliphatic imine (C=N–C) groups is 1. The van der Waals surface area contributed by atoms with Crippen molar-refractivity contribution < 1.29 is 8.42 Å². The largest absolute Gasteiger partial charge is 0.355 e. The van der Waals surface area contributed by atoms with Crippen LogP contribution in [-0.2, 0) is 9.84 Å². The highest BCUT2D eigenvalue weighted by Crippen LogP contribution is 2.09. The van der Waals surface area contributed by atoms with Gasteiger partial charge >= 0.3 is 0 Å². The quantitative estimate of drug-likeness (QED) is 0.616. The fourth-order valence-electron chi connectivity index (χ4n) is 1.93. The van der Waals surface area contributed by atoms with E-state index in [-0.39, 0.29) is 5.75 Å². The molecule has 1 aromatic carbocycles.